The molecule has 8 nitrogen and oxygen atoms in total. The third-order valence-corrected chi connectivity index (χ3v) is 8.26. The second-order valence-electron chi connectivity index (χ2n) is 11.2. The minimum absolute atomic E-state index is 0.143. The van der Waals surface area contributed by atoms with Crippen LogP contribution in [-0.2, 0) is 18.0 Å². The summed E-state index contributed by atoms with van der Waals surface area (Å²) in [7, 11) is 1.80. The minimum Gasteiger partial charge on any atom is -0.381 e. The Morgan fingerprint density at radius 3 is 2.27 bits per heavy atom. The van der Waals surface area contributed by atoms with E-state index in [1.54, 1.807) is 11.6 Å². The van der Waals surface area contributed by atoms with E-state index in [0.29, 0.717) is 42.2 Å². The van der Waals surface area contributed by atoms with Crippen LogP contribution >= 0.6 is 0 Å². The Labute approximate surface area is 234 Å². The largest absolute Gasteiger partial charge is 0.416 e. The summed E-state index contributed by atoms with van der Waals surface area (Å²) < 4.78 is 73.6. The van der Waals surface area contributed by atoms with Crippen molar-refractivity contribution >= 4 is 17.0 Å². The van der Waals surface area contributed by atoms with Gasteiger partial charge in [0.2, 0.25) is 5.92 Å². The molecule has 0 amide bonds. The van der Waals surface area contributed by atoms with Gasteiger partial charge in [-0.3, -0.25) is 9.88 Å². The van der Waals surface area contributed by atoms with Crippen LogP contribution in [0.1, 0.15) is 55.6 Å². The molecule has 2 saturated heterocycles. The highest BCUT2D eigenvalue weighted by molar-refractivity contribution is 5.84. The van der Waals surface area contributed by atoms with Crippen LogP contribution < -0.4 is 10.6 Å². The smallest absolute Gasteiger partial charge is 0.381 e. The predicted molar refractivity (Wildman–Crippen MR) is 144 cm³/mol. The molecule has 224 valence electrons. The molecule has 4 heterocycles. The Balaban J connectivity index is 0.000000610. The highest BCUT2D eigenvalue weighted by Gasteiger charge is 2.50. The lowest BCUT2D eigenvalue weighted by atomic mass is 9.73. The summed E-state index contributed by atoms with van der Waals surface area (Å²) in [6.07, 6.45) is -2.50. The zero-order valence-corrected chi connectivity index (χ0v) is 23.3. The van der Waals surface area contributed by atoms with E-state index in [2.05, 4.69) is 19.9 Å². The Morgan fingerprint density at radius 1 is 1.07 bits per heavy atom. The molecule has 41 heavy (non-hydrogen) atoms. The van der Waals surface area contributed by atoms with Gasteiger partial charge in [0.1, 0.15) is 17.0 Å². The quantitative estimate of drug-likeness (QED) is 0.433. The second kappa shape index (κ2) is 11.3. The number of hydrogen-bond donors (Lipinski definition) is 1. The molecule has 0 bridgehead atoms. The Morgan fingerprint density at radius 2 is 1.73 bits per heavy atom. The fraction of sp³-hybridized carbons (Fsp3) is 0.607. The molecule has 1 aromatic carbocycles. The molecule has 0 radical (unpaired) electrons. The summed E-state index contributed by atoms with van der Waals surface area (Å²) in [5.74, 6) is -1.93. The van der Waals surface area contributed by atoms with Crippen LogP contribution in [0.4, 0.5) is 27.8 Å². The fourth-order valence-electron chi connectivity index (χ4n) is 6.03. The number of ether oxygens (including phenoxy) is 1. The number of hydrogen-bond acceptors (Lipinski definition) is 6. The van der Waals surface area contributed by atoms with Crippen molar-refractivity contribution in [2.24, 2.45) is 13.0 Å². The first kappa shape index (κ1) is 29.4. The van der Waals surface area contributed by atoms with Crippen LogP contribution in [0.2, 0.25) is 0 Å². The molecule has 3 aliphatic rings. The summed E-state index contributed by atoms with van der Waals surface area (Å²) in [5.41, 5.74) is 0.483. The summed E-state index contributed by atoms with van der Waals surface area (Å²) >= 11 is 0. The maximum absolute atomic E-state index is 13.8. The van der Waals surface area contributed by atoms with E-state index in [0.717, 1.165) is 31.2 Å². The van der Waals surface area contributed by atoms with Crippen molar-refractivity contribution in [3.8, 4) is 0 Å². The molecule has 2 unspecified atom stereocenters. The normalized spacial score (nSPS) is 22.3. The molecule has 2 aliphatic heterocycles. The summed E-state index contributed by atoms with van der Waals surface area (Å²) in [4.78, 5) is 27.8. The zero-order valence-electron chi connectivity index (χ0n) is 23.3. The predicted octanol–water partition coefficient (Wildman–Crippen LogP) is 5.08. The van der Waals surface area contributed by atoms with Gasteiger partial charge in [-0.2, -0.15) is 18.2 Å². The molecular weight excluding hydrogens is 547 g/mol. The van der Waals surface area contributed by atoms with E-state index < -0.39 is 29.4 Å². The van der Waals surface area contributed by atoms with Crippen molar-refractivity contribution in [2.75, 3.05) is 37.7 Å². The van der Waals surface area contributed by atoms with Crippen molar-refractivity contribution in [3.05, 3.63) is 51.7 Å². The monoisotopic (exact) mass is 582 g/mol. The van der Waals surface area contributed by atoms with Gasteiger partial charge >= 0.3 is 11.9 Å². The van der Waals surface area contributed by atoms with Crippen molar-refractivity contribution in [3.63, 3.8) is 0 Å². The Kier molecular flexibility index (Phi) is 8.12. The van der Waals surface area contributed by atoms with Crippen LogP contribution in [0.5, 0.6) is 0 Å². The number of nitrogens with zero attached hydrogens (tertiary/aromatic N) is 5. The zero-order chi connectivity index (χ0) is 29.5. The third-order valence-electron chi connectivity index (χ3n) is 8.26. The Hall–Kier alpha value is -3.06. The van der Waals surface area contributed by atoms with Gasteiger partial charge in [0.25, 0.3) is 0 Å². The number of fused-ring (bicyclic) bond motifs is 1. The van der Waals surface area contributed by atoms with E-state index in [1.807, 2.05) is 18.7 Å². The fourth-order valence-corrected chi connectivity index (χ4v) is 6.03. The van der Waals surface area contributed by atoms with Gasteiger partial charge in [0, 0.05) is 64.8 Å². The molecule has 3 fully saturated rings. The molecule has 1 saturated carbocycles. The van der Waals surface area contributed by atoms with Crippen LogP contribution in [0.15, 0.2) is 29.1 Å². The minimum atomic E-state index is -4.46. The molecule has 2 atom stereocenters. The second-order valence-corrected chi connectivity index (χ2v) is 11.2. The van der Waals surface area contributed by atoms with Crippen LogP contribution in [0.25, 0.3) is 11.2 Å². The van der Waals surface area contributed by atoms with E-state index in [9.17, 15) is 26.7 Å². The molecule has 0 spiro atoms. The number of piperazine rings is 1. The van der Waals surface area contributed by atoms with Gasteiger partial charge in [-0.15, -0.1) is 0 Å². The first-order valence-corrected chi connectivity index (χ1v) is 13.9. The lowest BCUT2D eigenvalue weighted by molar-refractivity contribution is -0.137. The van der Waals surface area contributed by atoms with E-state index in [4.69, 9.17) is 4.74 Å². The number of H-pyrrole nitrogens is 1. The number of anilines is 1. The highest BCUT2D eigenvalue weighted by Crippen LogP contribution is 2.51. The van der Waals surface area contributed by atoms with Crippen LogP contribution in [0.3, 0.4) is 0 Å². The van der Waals surface area contributed by atoms with Gasteiger partial charge in [-0.05, 0) is 50.3 Å². The summed E-state index contributed by atoms with van der Waals surface area (Å²) in [6.45, 7) is 7.18. The van der Waals surface area contributed by atoms with Crippen molar-refractivity contribution < 1.29 is 26.7 Å². The number of benzene rings is 1. The third kappa shape index (κ3) is 6.25. The molecule has 13 heteroatoms. The molecular formula is C28H35F5N6O2. The van der Waals surface area contributed by atoms with Gasteiger partial charge in [0.15, 0.2) is 5.82 Å². The number of imidazole rings is 1. The summed E-state index contributed by atoms with van der Waals surface area (Å²) in [5, 5.41) is 0. The number of halogens is 5. The van der Waals surface area contributed by atoms with E-state index in [1.165, 1.54) is 25.0 Å². The van der Waals surface area contributed by atoms with Crippen LogP contribution in [-0.4, -0.2) is 69.2 Å². The number of alkyl halides is 5. The lowest BCUT2D eigenvalue weighted by Gasteiger charge is -2.49. The molecule has 1 N–H and O–H groups in total. The van der Waals surface area contributed by atoms with Crippen molar-refractivity contribution in [1.29, 1.82) is 0 Å². The Bertz CT molecular complexity index is 1400. The molecule has 3 aromatic rings. The maximum atomic E-state index is 13.8. The molecule has 2 aromatic heterocycles. The molecule has 1 aliphatic carbocycles. The average molecular weight is 583 g/mol. The summed E-state index contributed by atoms with van der Waals surface area (Å²) in [6, 6.07) is 4.26. The maximum Gasteiger partial charge on any atom is 0.416 e. The average Bonchev–Trinajstić information content (AvgIpc) is 3.56. The number of aryl methyl sites for hydroxylation is 2. The van der Waals surface area contributed by atoms with Gasteiger partial charge < -0.3 is 14.2 Å². The van der Waals surface area contributed by atoms with Gasteiger partial charge in [-0.1, -0.05) is 12.1 Å². The van der Waals surface area contributed by atoms with Crippen molar-refractivity contribution in [1.82, 2.24) is 24.4 Å². The standard InChI is InChI=1S/C24H27F5N6O.C4H8O/c1-13-12-34(8-9-35(13)21-18-20(31-22(36)32-21)33(3)14(2)30-18)19(16-10-23(25,26)11-16)15-4-6-17(7-5-15)24(27,28)29;1-2-4-5-3-1/h4-7,13,16,19H,8-12H2,1-3H3,(H,31,32,36);1-4H2. The molecule has 6 rings (SSSR count). The number of aromatic amines is 1. The SMILES string of the molecule is C1CCOC1.Cc1nc2c(N3CCN(C(c4ccc(C(F)(F)F)cc4)C4CC(F)(F)C4)CC3C)nc(=O)[nH]c2n1C. The van der Waals surface area contributed by atoms with E-state index in [-0.39, 0.29) is 24.8 Å². The highest BCUT2D eigenvalue weighted by atomic mass is 19.4. The topological polar surface area (TPSA) is 79.3 Å². The number of nitrogens with one attached hydrogen (secondary N) is 1. The van der Waals surface area contributed by atoms with E-state index >= 15 is 0 Å². The first-order valence-electron chi connectivity index (χ1n) is 13.9. The number of aromatic nitrogens is 4. The van der Waals surface area contributed by atoms with Crippen molar-refractivity contribution in [2.45, 2.75) is 63.7 Å². The lowest BCUT2D eigenvalue weighted by Crippen LogP contribution is -2.56. The first-order chi connectivity index (χ1) is 19.3. The van der Waals surface area contributed by atoms with Gasteiger partial charge in [-0.25, -0.2) is 18.6 Å². The van der Waals surface area contributed by atoms with Gasteiger partial charge in [0.05, 0.1) is 5.56 Å². The number of rotatable bonds is 4. The van der Waals surface area contributed by atoms with Crippen LogP contribution in [0, 0.1) is 12.8 Å².